The first-order valence-corrected chi connectivity index (χ1v) is 7.17. The van der Waals surface area contributed by atoms with E-state index in [9.17, 15) is 0 Å². The molecule has 0 radical (unpaired) electrons. The highest BCUT2D eigenvalue weighted by Crippen LogP contribution is 2.59. The summed E-state index contributed by atoms with van der Waals surface area (Å²) in [6.07, 6.45) is 0. The normalized spacial score (nSPS) is 12.7. The van der Waals surface area contributed by atoms with E-state index in [1.165, 1.54) is 0 Å². The molecule has 0 aliphatic heterocycles. The largest absolute Gasteiger partial charge is 0.131 e. The predicted molar refractivity (Wildman–Crippen MR) is 47.4 cm³/mol. The number of rotatable bonds is 1. The van der Waals surface area contributed by atoms with E-state index in [-0.39, 0.29) is 0 Å². The van der Waals surface area contributed by atoms with Crippen LogP contribution in [0, 0.1) is 0 Å². The second kappa shape index (κ2) is 2.77. The van der Waals surface area contributed by atoms with Gasteiger partial charge in [0.1, 0.15) is 0 Å². The molecule has 0 rings (SSSR count). The SMILES string of the molecule is CC(C)P(=S)(S)S. The van der Waals surface area contributed by atoms with Crippen LogP contribution in [0.25, 0.3) is 0 Å². The lowest BCUT2D eigenvalue weighted by Crippen LogP contribution is -1.83. The van der Waals surface area contributed by atoms with Crippen molar-refractivity contribution in [2.45, 2.75) is 19.5 Å². The third kappa shape index (κ3) is 3.89. The number of hydrogen-bond acceptors (Lipinski definition) is 1. The third-order valence-corrected chi connectivity index (χ3v) is 6.05. The Morgan fingerprint density at radius 1 is 1.43 bits per heavy atom. The molecule has 0 aromatic carbocycles. The maximum atomic E-state index is 4.95. The molecule has 0 unspecified atom stereocenters. The Morgan fingerprint density at radius 2 is 1.57 bits per heavy atom. The summed E-state index contributed by atoms with van der Waals surface area (Å²) in [5.41, 5.74) is 0.453. The summed E-state index contributed by atoms with van der Waals surface area (Å²) in [6.45, 7) is 4.08. The van der Waals surface area contributed by atoms with Gasteiger partial charge in [-0.15, -0.1) is 24.5 Å². The molecule has 0 spiro atoms. The summed E-state index contributed by atoms with van der Waals surface area (Å²) in [6, 6.07) is 0. The molecule has 7 heavy (non-hydrogen) atoms. The Kier molecular flexibility index (Phi) is 3.30. The van der Waals surface area contributed by atoms with Gasteiger partial charge >= 0.3 is 0 Å². The van der Waals surface area contributed by atoms with E-state index in [2.05, 4.69) is 24.5 Å². The minimum absolute atomic E-state index is 0.453. The van der Waals surface area contributed by atoms with Gasteiger partial charge in [-0.05, 0) is 5.66 Å². The first-order valence-electron chi connectivity index (χ1n) is 2.00. The molecule has 44 valence electrons. The number of hydrogen-bond donors (Lipinski definition) is 2. The van der Waals surface area contributed by atoms with Gasteiger partial charge in [0.15, 0.2) is 0 Å². The van der Waals surface area contributed by atoms with Crippen LogP contribution in [-0.4, -0.2) is 5.66 Å². The van der Waals surface area contributed by atoms with Crippen LogP contribution >= 0.6 is 28.9 Å². The van der Waals surface area contributed by atoms with Gasteiger partial charge in [0, 0.05) is 0 Å². The Labute approximate surface area is 60.4 Å². The van der Waals surface area contributed by atoms with Crippen molar-refractivity contribution in [1.29, 1.82) is 0 Å². The summed E-state index contributed by atoms with van der Waals surface area (Å²) in [5.74, 6) is 0. The molecule has 0 aromatic heterocycles. The van der Waals surface area contributed by atoms with E-state index in [0.29, 0.717) is 5.66 Å². The maximum Gasteiger partial charge on any atom is 0.0538 e. The van der Waals surface area contributed by atoms with Crippen LogP contribution in [0.3, 0.4) is 0 Å². The Balaban J connectivity index is 3.80. The quantitative estimate of drug-likeness (QED) is 0.453. The highest BCUT2D eigenvalue weighted by Gasteiger charge is 2.08. The molecule has 0 bridgehead atoms. The molecule has 0 aliphatic carbocycles. The van der Waals surface area contributed by atoms with Crippen molar-refractivity contribution in [2.24, 2.45) is 0 Å². The standard InChI is InChI=1S/C3H9PS3/c1-3(2)4(5,6)7/h3H,1-2H3,(H2,5,6,7). The Hall–Kier alpha value is 1.35. The van der Waals surface area contributed by atoms with E-state index in [4.69, 9.17) is 11.8 Å². The minimum Gasteiger partial charge on any atom is -0.131 e. The third-order valence-electron chi connectivity index (χ3n) is 0.673. The van der Waals surface area contributed by atoms with Crippen LogP contribution in [0.1, 0.15) is 13.8 Å². The zero-order chi connectivity index (χ0) is 6.08. The molecular weight excluding hydrogens is 163 g/mol. The van der Waals surface area contributed by atoms with Crippen molar-refractivity contribution in [3.63, 3.8) is 0 Å². The van der Waals surface area contributed by atoms with E-state index in [1.807, 2.05) is 13.8 Å². The minimum atomic E-state index is -1.52. The van der Waals surface area contributed by atoms with Crippen LogP contribution in [-0.2, 0) is 11.8 Å². The molecule has 0 nitrogen and oxygen atoms in total. The predicted octanol–water partition coefficient (Wildman–Crippen LogP) is 2.56. The molecule has 4 heteroatoms. The Morgan fingerprint density at radius 3 is 1.57 bits per heavy atom. The molecule has 0 saturated heterocycles. The summed E-state index contributed by atoms with van der Waals surface area (Å²) in [7, 11) is 0. The van der Waals surface area contributed by atoms with Gasteiger partial charge in [-0.2, -0.15) is 0 Å². The average Bonchev–Trinajstić information content (AvgIpc) is 1.31. The summed E-state index contributed by atoms with van der Waals surface area (Å²) in [4.78, 5) is 0. The maximum absolute atomic E-state index is 4.95. The average molecular weight is 172 g/mol. The van der Waals surface area contributed by atoms with Gasteiger partial charge in [0.25, 0.3) is 0 Å². The van der Waals surface area contributed by atoms with Crippen LogP contribution in [0.2, 0.25) is 0 Å². The topological polar surface area (TPSA) is 0 Å². The van der Waals surface area contributed by atoms with Gasteiger partial charge in [-0.25, -0.2) is 0 Å². The molecule has 0 amide bonds. The van der Waals surface area contributed by atoms with Crippen LogP contribution < -0.4 is 0 Å². The Bertz CT molecular complexity index is 92.4. The van der Waals surface area contributed by atoms with Crippen molar-refractivity contribution in [3.8, 4) is 0 Å². The molecule has 0 heterocycles. The summed E-state index contributed by atoms with van der Waals surface area (Å²) >= 11 is 13.2. The van der Waals surface area contributed by atoms with Gasteiger partial charge in [-0.3, -0.25) is 0 Å². The highest BCUT2D eigenvalue weighted by atomic mass is 33.2. The van der Waals surface area contributed by atoms with Crippen LogP contribution in [0.5, 0.6) is 0 Å². The molecule has 0 aliphatic rings. The fourth-order valence-electron chi connectivity index (χ4n) is 0. The molecule has 0 N–H and O–H groups in total. The van der Waals surface area contributed by atoms with Crippen molar-refractivity contribution in [1.82, 2.24) is 0 Å². The second-order valence-electron chi connectivity index (χ2n) is 1.68. The molecule has 0 saturated carbocycles. The second-order valence-corrected chi connectivity index (χ2v) is 12.0. The lowest BCUT2D eigenvalue weighted by atomic mass is 10.6. The number of thiol groups is 2. The molecule has 0 atom stereocenters. The molecule has 0 aromatic rings. The summed E-state index contributed by atoms with van der Waals surface area (Å²) in [5, 5.41) is 0. The monoisotopic (exact) mass is 172 g/mol. The van der Waals surface area contributed by atoms with Crippen LogP contribution in [0.4, 0.5) is 0 Å². The molecular formula is C3H9PS3. The lowest BCUT2D eigenvalue weighted by Gasteiger charge is -2.10. The van der Waals surface area contributed by atoms with E-state index >= 15 is 0 Å². The van der Waals surface area contributed by atoms with Crippen molar-refractivity contribution >= 4 is 40.7 Å². The van der Waals surface area contributed by atoms with Gasteiger partial charge < -0.3 is 0 Å². The summed E-state index contributed by atoms with van der Waals surface area (Å²) < 4.78 is -1.52. The van der Waals surface area contributed by atoms with E-state index in [1.54, 1.807) is 0 Å². The van der Waals surface area contributed by atoms with Crippen molar-refractivity contribution in [3.05, 3.63) is 0 Å². The molecule has 0 fully saturated rings. The van der Waals surface area contributed by atoms with Crippen LogP contribution in [0.15, 0.2) is 0 Å². The van der Waals surface area contributed by atoms with E-state index in [0.717, 1.165) is 0 Å². The lowest BCUT2D eigenvalue weighted by molar-refractivity contribution is 1.11. The fraction of sp³-hybridized carbons (Fsp3) is 1.00. The first-order chi connectivity index (χ1) is 2.94. The van der Waals surface area contributed by atoms with E-state index < -0.39 is 4.44 Å². The zero-order valence-electron chi connectivity index (χ0n) is 4.33. The van der Waals surface area contributed by atoms with Gasteiger partial charge in [0.2, 0.25) is 0 Å². The van der Waals surface area contributed by atoms with Gasteiger partial charge in [0.05, 0.1) is 4.44 Å². The van der Waals surface area contributed by atoms with Crippen molar-refractivity contribution < 1.29 is 0 Å². The zero-order valence-corrected chi connectivity index (χ0v) is 7.83. The first kappa shape index (κ1) is 8.35. The van der Waals surface area contributed by atoms with Crippen molar-refractivity contribution in [2.75, 3.05) is 0 Å². The fourth-order valence-corrected chi connectivity index (χ4v) is 0. The smallest absolute Gasteiger partial charge is 0.0538 e. The van der Waals surface area contributed by atoms with Gasteiger partial charge in [-0.1, -0.05) is 25.7 Å². The highest BCUT2D eigenvalue weighted by molar-refractivity contribution is 8.92.